The SMILES string of the molecule is CCCCCn1cc(C(=O)N[C@@H](C(N)=O)C(C)(C)C)c2ccccc21. The van der Waals surface area contributed by atoms with Gasteiger partial charge in [-0.1, -0.05) is 58.7 Å². The molecule has 0 bridgehead atoms. The highest BCUT2D eigenvalue weighted by molar-refractivity contribution is 6.08. The fraction of sp³-hybridized carbons (Fsp3) is 0.500. The van der Waals surface area contributed by atoms with Gasteiger partial charge in [-0.25, -0.2) is 0 Å². The van der Waals surface area contributed by atoms with E-state index in [2.05, 4.69) is 16.8 Å². The minimum absolute atomic E-state index is 0.260. The van der Waals surface area contributed by atoms with Gasteiger partial charge in [0.15, 0.2) is 0 Å². The number of fused-ring (bicyclic) bond motifs is 1. The number of rotatable bonds is 7. The summed E-state index contributed by atoms with van der Waals surface area (Å²) in [5.41, 5.74) is 6.67. The molecule has 0 fully saturated rings. The van der Waals surface area contributed by atoms with Crippen molar-refractivity contribution in [2.24, 2.45) is 11.1 Å². The van der Waals surface area contributed by atoms with E-state index in [4.69, 9.17) is 5.73 Å². The minimum atomic E-state index is -0.720. The molecule has 1 heterocycles. The monoisotopic (exact) mass is 343 g/mol. The number of unbranched alkanes of at least 4 members (excludes halogenated alkanes) is 2. The first-order valence-corrected chi connectivity index (χ1v) is 8.93. The zero-order chi connectivity index (χ0) is 18.6. The molecule has 1 aromatic heterocycles. The molecular weight excluding hydrogens is 314 g/mol. The molecule has 5 heteroatoms. The molecule has 2 aromatic rings. The van der Waals surface area contributed by atoms with Gasteiger partial charge in [0.1, 0.15) is 6.04 Å². The number of hydrogen-bond acceptors (Lipinski definition) is 2. The number of nitrogens with two attached hydrogens (primary N) is 1. The molecule has 0 radical (unpaired) electrons. The second-order valence-corrected chi connectivity index (χ2v) is 7.64. The van der Waals surface area contributed by atoms with Crippen LogP contribution in [0, 0.1) is 5.41 Å². The summed E-state index contributed by atoms with van der Waals surface area (Å²) in [6.45, 7) is 8.70. The van der Waals surface area contributed by atoms with Crippen LogP contribution in [0.3, 0.4) is 0 Å². The highest BCUT2D eigenvalue weighted by Gasteiger charge is 2.32. The van der Waals surface area contributed by atoms with Gasteiger partial charge in [0.2, 0.25) is 5.91 Å². The molecule has 0 aliphatic carbocycles. The van der Waals surface area contributed by atoms with Crippen LogP contribution in [0.25, 0.3) is 10.9 Å². The van der Waals surface area contributed by atoms with E-state index in [1.54, 1.807) is 0 Å². The number of benzene rings is 1. The van der Waals surface area contributed by atoms with E-state index >= 15 is 0 Å². The van der Waals surface area contributed by atoms with Crippen LogP contribution < -0.4 is 11.1 Å². The maximum absolute atomic E-state index is 12.8. The molecule has 0 unspecified atom stereocenters. The first-order valence-electron chi connectivity index (χ1n) is 8.93. The van der Waals surface area contributed by atoms with Crippen molar-refractivity contribution >= 4 is 22.7 Å². The molecule has 1 aromatic carbocycles. The number of amides is 2. The largest absolute Gasteiger partial charge is 0.368 e. The number of carbonyl (C=O) groups excluding carboxylic acids is 2. The van der Waals surface area contributed by atoms with Crippen molar-refractivity contribution in [1.82, 2.24) is 9.88 Å². The first kappa shape index (κ1) is 19.0. The third kappa shape index (κ3) is 4.41. The molecule has 25 heavy (non-hydrogen) atoms. The summed E-state index contributed by atoms with van der Waals surface area (Å²) in [5.74, 6) is -0.781. The Labute approximate surface area is 149 Å². The quantitative estimate of drug-likeness (QED) is 0.755. The van der Waals surface area contributed by atoms with E-state index in [0.717, 1.165) is 36.7 Å². The van der Waals surface area contributed by atoms with Crippen LogP contribution in [0.15, 0.2) is 30.5 Å². The van der Waals surface area contributed by atoms with Gasteiger partial charge in [-0.05, 0) is 17.9 Å². The normalized spacial score (nSPS) is 13.0. The molecule has 1 atom stereocenters. The third-order valence-corrected chi connectivity index (χ3v) is 4.46. The standard InChI is InChI=1S/C20H29N3O2/c1-5-6-9-12-23-13-15(14-10-7-8-11-16(14)23)19(25)22-17(18(21)24)20(2,3)4/h7-8,10-11,13,17H,5-6,9,12H2,1-4H3,(H2,21,24)(H,22,25)/t17-/m0/s1. The first-order chi connectivity index (χ1) is 11.8. The molecule has 0 aliphatic heterocycles. The molecule has 0 saturated heterocycles. The number of nitrogens with zero attached hydrogens (tertiary/aromatic N) is 1. The number of aryl methyl sites for hydroxylation is 1. The van der Waals surface area contributed by atoms with Crippen molar-refractivity contribution in [2.75, 3.05) is 0 Å². The predicted octanol–water partition coefficient (Wildman–Crippen LogP) is 3.46. The van der Waals surface area contributed by atoms with E-state index in [-0.39, 0.29) is 5.91 Å². The summed E-state index contributed by atoms with van der Waals surface area (Å²) in [6.07, 6.45) is 5.26. The van der Waals surface area contributed by atoms with Crippen LogP contribution in [0.5, 0.6) is 0 Å². The Morgan fingerprint density at radius 3 is 2.48 bits per heavy atom. The second kappa shape index (κ2) is 7.72. The summed E-state index contributed by atoms with van der Waals surface area (Å²) >= 11 is 0. The van der Waals surface area contributed by atoms with Gasteiger partial charge in [0.05, 0.1) is 5.56 Å². The molecule has 0 aliphatic rings. The van der Waals surface area contributed by atoms with Crippen LogP contribution in [0.2, 0.25) is 0 Å². The van der Waals surface area contributed by atoms with E-state index in [0.29, 0.717) is 5.56 Å². The summed E-state index contributed by atoms with van der Waals surface area (Å²) in [4.78, 5) is 24.6. The van der Waals surface area contributed by atoms with Crippen molar-refractivity contribution in [3.05, 3.63) is 36.0 Å². The van der Waals surface area contributed by atoms with Crippen LogP contribution >= 0.6 is 0 Å². The van der Waals surface area contributed by atoms with E-state index in [9.17, 15) is 9.59 Å². The lowest BCUT2D eigenvalue weighted by molar-refractivity contribution is -0.122. The Morgan fingerprint density at radius 1 is 1.20 bits per heavy atom. The maximum Gasteiger partial charge on any atom is 0.254 e. The van der Waals surface area contributed by atoms with E-state index in [1.807, 2.05) is 51.2 Å². The van der Waals surface area contributed by atoms with Crippen LogP contribution in [-0.2, 0) is 11.3 Å². The number of para-hydroxylation sites is 1. The lowest BCUT2D eigenvalue weighted by Gasteiger charge is -2.28. The number of nitrogens with one attached hydrogen (secondary N) is 1. The van der Waals surface area contributed by atoms with Crippen LogP contribution in [-0.4, -0.2) is 22.4 Å². The van der Waals surface area contributed by atoms with Crippen molar-refractivity contribution in [2.45, 2.75) is 59.5 Å². The molecule has 2 rings (SSSR count). The fourth-order valence-electron chi connectivity index (χ4n) is 3.07. The van der Waals surface area contributed by atoms with Crippen molar-refractivity contribution in [1.29, 1.82) is 0 Å². The Kier molecular flexibility index (Phi) is 5.88. The molecule has 136 valence electrons. The van der Waals surface area contributed by atoms with Gasteiger partial charge in [0, 0.05) is 23.6 Å². The van der Waals surface area contributed by atoms with Crippen molar-refractivity contribution < 1.29 is 9.59 Å². The highest BCUT2D eigenvalue weighted by Crippen LogP contribution is 2.24. The molecular formula is C20H29N3O2. The molecule has 3 N–H and O–H groups in total. The van der Waals surface area contributed by atoms with Gasteiger partial charge in [0.25, 0.3) is 5.91 Å². The Hall–Kier alpha value is -2.30. The molecule has 0 saturated carbocycles. The fourth-order valence-corrected chi connectivity index (χ4v) is 3.07. The minimum Gasteiger partial charge on any atom is -0.368 e. The third-order valence-electron chi connectivity index (χ3n) is 4.46. The van der Waals surface area contributed by atoms with Crippen molar-refractivity contribution in [3.63, 3.8) is 0 Å². The van der Waals surface area contributed by atoms with E-state index < -0.39 is 17.4 Å². The number of aromatic nitrogens is 1. The van der Waals surface area contributed by atoms with Gasteiger partial charge in [-0.2, -0.15) is 0 Å². The van der Waals surface area contributed by atoms with Gasteiger partial charge in [-0.15, -0.1) is 0 Å². The zero-order valence-electron chi connectivity index (χ0n) is 15.6. The van der Waals surface area contributed by atoms with Crippen LogP contribution in [0.4, 0.5) is 0 Å². The number of primary amides is 1. The zero-order valence-corrected chi connectivity index (χ0v) is 15.6. The topological polar surface area (TPSA) is 77.1 Å². The number of carbonyl (C=O) groups is 2. The average Bonchev–Trinajstić information content (AvgIpc) is 2.90. The lowest BCUT2D eigenvalue weighted by Crippen LogP contribution is -2.52. The van der Waals surface area contributed by atoms with E-state index in [1.165, 1.54) is 0 Å². The van der Waals surface area contributed by atoms with Gasteiger partial charge >= 0.3 is 0 Å². The smallest absolute Gasteiger partial charge is 0.254 e. The Morgan fingerprint density at radius 2 is 1.88 bits per heavy atom. The summed E-state index contributed by atoms with van der Waals surface area (Å²) in [6, 6.07) is 7.14. The van der Waals surface area contributed by atoms with Crippen molar-refractivity contribution in [3.8, 4) is 0 Å². The molecule has 5 nitrogen and oxygen atoms in total. The van der Waals surface area contributed by atoms with Gasteiger partial charge < -0.3 is 15.6 Å². The lowest BCUT2D eigenvalue weighted by atomic mass is 9.86. The Balaban J connectivity index is 2.33. The average molecular weight is 343 g/mol. The Bertz CT molecular complexity index is 756. The van der Waals surface area contributed by atoms with Gasteiger partial charge in [-0.3, -0.25) is 9.59 Å². The van der Waals surface area contributed by atoms with Crippen LogP contribution in [0.1, 0.15) is 57.3 Å². The maximum atomic E-state index is 12.8. The summed E-state index contributed by atoms with van der Waals surface area (Å²) in [5, 5.41) is 3.72. The second-order valence-electron chi connectivity index (χ2n) is 7.64. The molecule has 0 spiro atoms. The number of hydrogen-bond donors (Lipinski definition) is 2. The highest BCUT2D eigenvalue weighted by atomic mass is 16.2. The predicted molar refractivity (Wildman–Crippen MR) is 101 cm³/mol. The summed E-state index contributed by atoms with van der Waals surface area (Å²) < 4.78 is 2.12. The summed E-state index contributed by atoms with van der Waals surface area (Å²) in [7, 11) is 0. The molecule has 2 amide bonds.